The number of fused-ring (bicyclic) bond motifs is 8. The minimum Gasteiger partial charge on any atom is -0.435 e. The van der Waals surface area contributed by atoms with Crippen molar-refractivity contribution in [3.63, 3.8) is 0 Å². The van der Waals surface area contributed by atoms with Crippen LogP contribution in [0.3, 0.4) is 0 Å². The lowest BCUT2D eigenvalue weighted by Gasteiger charge is -2.26. The highest BCUT2D eigenvalue weighted by Crippen LogP contribution is 2.51. The Morgan fingerprint density at radius 1 is 0.451 bits per heavy atom. The zero-order valence-electron chi connectivity index (χ0n) is 27.4. The van der Waals surface area contributed by atoms with Crippen LogP contribution in [0.15, 0.2) is 174 Å². The van der Waals surface area contributed by atoms with E-state index in [-0.39, 0.29) is 0 Å². The first-order chi connectivity index (χ1) is 25.3. The summed E-state index contributed by atoms with van der Waals surface area (Å²) in [5.74, 6) is 1.48. The SMILES string of the molecule is c1ccc(-c2cccc(-c3nc4c(o3)-c3cccc5c3c-4cc3ccc(N(c4ccccc4)c4ccc6sc7ccccc7c6c4)cc35)c2)cc1. The van der Waals surface area contributed by atoms with Gasteiger partial charge in [0.2, 0.25) is 5.89 Å². The summed E-state index contributed by atoms with van der Waals surface area (Å²) in [6, 6.07) is 60.8. The lowest BCUT2D eigenvalue weighted by Crippen LogP contribution is -2.09. The summed E-state index contributed by atoms with van der Waals surface area (Å²) in [5.41, 5.74) is 9.78. The normalized spacial score (nSPS) is 11.9. The van der Waals surface area contributed by atoms with Crippen LogP contribution in [0.5, 0.6) is 0 Å². The summed E-state index contributed by atoms with van der Waals surface area (Å²) in [6.07, 6.45) is 0. The Morgan fingerprint density at radius 2 is 1.14 bits per heavy atom. The van der Waals surface area contributed by atoms with Gasteiger partial charge < -0.3 is 9.32 Å². The zero-order valence-corrected chi connectivity index (χ0v) is 28.2. The van der Waals surface area contributed by atoms with Crippen molar-refractivity contribution in [3.05, 3.63) is 170 Å². The van der Waals surface area contributed by atoms with Crippen molar-refractivity contribution < 1.29 is 4.42 Å². The molecule has 4 heteroatoms. The summed E-state index contributed by atoms with van der Waals surface area (Å²) in [7, 11) is 0. The van der Waals surface area contributed by atoms with E-state index in [1.54, 1.807) is 0 Å². The molecule has 0 saturated heterocycles. The van der Waals surface area contributed by atoms with E-state index in [0.29, 0.717) is 5.89 Å². The van der Waals surface area contributed by atoms with Crippen LogP contribution in [0.1, 0.15) is 0 Å². The van der Waals surface area contributed by atoms with Crippen LogP contribution in [-0.4, -0.2) is 4.98 Å². The van der Waals surface area contributed by atoms with Crippen LogP contribution in [0.4, 0.5) is 17.1 Å². The highest BCUT2D eigenvalue weighted by molar-refractivity contribution is 7.25. The van der Waals surface area contributed by atoms with Gasteiger partial charge in [-0.25, -0.2) is 4.98 Å². The number of anilines is 3. The number of nitrogens with zero attached hydrogens (tertiary/aromatic N) is 2. The fourth-order valence-corrected chi connectivity index (χ4v) is 8.95. The van der Waals surface area contributed by atoms with E-state index in [0.717, 1.165) is 50.8 Å². The summed E-state index contributed by atoms with van der Waals surface area (Å²) in [6.45, 7) is 0. The predicted octanol–water partition coefficient (Wildman–Crippen LogP) is 13.8. The molecule has 238 valence electrons. The molecule has 0 bridgehead atoms. The average Bonchev–Trinajstić information content (AvgIpc) is 3.88. The van der Waals surface area contributed by atoms with Crippen molar-refractivity contribution in [2.45, 2.75) is 0 Å². The molecular formula is C47H28N2OS. The highest BCUT2D eigenvalue weighted by Gasteiger charge is 2.29. The second kappa shape index (κ2) is 11.0. The smallest absolute Gasteiger partial charge is 0.227 e. The maximum absolute atomic E-state index is 6.62. The first kappa shape index (κ1) is 28.4. The Morgan fingerprint density at radius 3 is 2.02 bits per heavy atom. The third kappa shape index (κ3) is 4.40. The van der Waals surface area contributed by atoms with Gasteiger partial charge in [-0.1, -0.05) is 103 Å². The number of hydrogen-bond acceptors (Lipinski definition) is 4. The van der Waals surface area contributed by atoms with E-state index in [4.69, 9.17) is 9.40 Å². The molecule has 8 aromatic carbocycles. The Bertz CT molecular complexity index is 2980. The quantitative estimate of drug-likeness (QED) is 0.171. The Kier molecular flexibility index (Phi) is 6.12. The summed E-state index contributed by atoms with van der Waals surface area (Å²) >= 11 is 1.85. The van der Waals surface area contributed by atoms with Crippen molar-refractivity contribution in [3.8, 4) is 45.2 Å². The fraction of sp³-hybridized carbons (Fsp3) is 0. The number of thiophene rings is 1. The molecule has 1 aliphatic rings. The number of aromatic nitrogens is 1. The van der Waals surface area contributed by atoms with E-state index in [9.17, 15) is 0 Å². The van der Waals surface area contributed by atoms with E-state index in [2.05, 4.69) is 169 Å². The van der Waals surface area contributed by atoms with Crippen LogP contribution in [-0.2, 0) is 0 Å². The van der Waals surface area contributed by atoms with Crippen molar-refractivity contribution in [2.24, 2.45) is 0 Å². The topological polar surface area (TPSA) is 29.3 Å². The van der Waals surface area contributed by atoms with E-state index < -0.39 is 0 Å². The molecule has 0 atom stereocenters. The molecule has 0 radical (unpaired) electrons. The number of para-hydroxylation sites is 1. The van der Waals surface area contributed by atoms with Crippen molar-refractivity contribution in [1.29, 1.82) is 0 Å². The Labute approximate surface area is 298 Å². The van der Waals surface area contributed by atoms with E-state index in [1.807, 2.05) is 17.4 Å². The Balaban J connectivity index is 1.05. The van der Waals surface area contributed by atoms with Gasteiger partial charge in [0.05, 0.1) is 0 Å². The molecule has 0 fully saturated rings. The monoisotopic (exact) mass is 668 g/mol. The minimum atomic E-state index is 0.643. The fourth-order valence-electron chi connectivity index (χ4n) is 7.86. The van der Waals surface area contributed by atoms with Gasteiger partial charge in [0, 0.05) is 59.3 Å². The summed E-state index contributed by atoms with van der Waals surface area (Å²) < 4.78 is 9.23. The standard InChI is InChI=1S/C47H28N2OS/c1-3-11-29(12-4-1)30-13-9-14-32(25-30)47-48-45-41-26-31-21-22-34(27-39(31)37-18-10-19-38(44(37)41)46(45)50-47)49(33-15-5-2-6-16-33)35-23-24-43-40(28-35)36-17-7-8-20-42(36)51-43/h1-28H. The van der Waals surface area contributed by atoms with E-state index in [1.165, 1.54) is 47.3 Å². The first-order valence-electron chi connectivity index (χ1n) is 17.2. The van der Waals surface area contributed by atoms with Gasteiger partial charge in [0.15, 0.2) is 5.76 Å². The van der Waals surface area contributed by atoms with Gasteiger partial charge in [-0.3, -0.25) is 0 Å². The maximum Gasteiger partial charge on any atom is 0.227 e. The second-order valence-corrected chi connectivity index (χ2v) is 14.2. The van der Waals surface area contributed by atoms with Crippen LogP contribution >= 0.6 is 11.3 Å². The maximum atomic E-state index is 6.62. The van der Waals surface area contributed by atoms with Crippen molar-refractivity contribution in [1.82, 2.24) is 4.98 Å². The van der Waals surface area contributed by atoms with Gasteiger partial charge >= 0.3 is 0 Å². The third-order valence-corrected chi connectivity index (χ3v) is 11.3. The third-order valence-electron chi connectivity index (χ3n) is 10.2. The molecule has 11 rings (SSSR count). The molecule has 0 unspecified atom stereocenters. The lowest BCUT2D eigenvalue weighted by molar-refractivity contribution is 0.590. The van der Waals surface area contributed by atoms with E-state index >= 15 is 0 Å². The van der Waals surface area contributed by atoms with Crippen LogP contribution in [0.25, 0.3) is 86.9 Å². The molecule has 0 spiro atoms. The molecule has 10 aromatic rings. The highest BCUT2D eigenvalue weighted by atomic mass is 32.1. The summed E-state index contributed by atoms with van der Waals surface area (Å²) in [4.78, 5) is 7.51. The molecule has 2 heterocycles. The molecule has 3 nitrogen and oxygen atoms in total. The van der Waals surface area contributed by atoms with Crippen LogP contribution in [0, 0.1) is 0 Å². The molecule has 1 aliphatic carbocycles. The van der Waals surface area contributed by atoms with Crippen molar-refractivity contribution >= 4 is 70.1 Å². The first-order valence-corrected chi connectivity index (χ1v) is 18.0. The molecule has 51 heavy (non-hydrogen) atoms. The van der Waals surface area contributed by atoms with Gasteiger partial charge in [-0.15, -0.1) is 11.3 Å². The lowest BCUT2D eigenvalue weighted by atomic mass is 9.96. The van der Waals surface area contributed by atoms with Gasteiger partial charge in [0.1, 0.15) is 5.69 Å². The second-order valence-electron chi connectivity index (χ2n) is 13.2. The zero-order chi connectivity index (χ0) is 33.5. The summed E-state index contributed by atoms with van der Waals surface area (Å²) in [5, 5.41) is 7.37. The molecular weight excluding hydrogens is 641 g/mol. The molecule has 0 saturated carbocycles. The molecule has 0 aliphatic heterocycles. The number of rotatable bonds is 5. The predicted molar refractivity (Wildman–Crippen MR) is 214 cm³/mol. The molecule has 0 N–H and O–H groups in total. The Hall–Kier alpha value is -6.49. The number of hydrogen-bond donors (Lipinski definition) is 0. The van der Waals surface area contributed by atoms with Gasteiger partial charge in [-0.05, 0) is 94.0 Å². The minimum absolute atomic E-state index is 0.643. The largest absolute Gasteiger partial charge is 0.435 e. The van der Waals surface area contributed by atoms with Crippen LogP contribution < -0.4 is 4.90 Å². The number of oxazole rings is 1. The van der Waals surface area contributed by atoms with Crippen molar-refractivity contribution in [2.75, 3.05) is 4.90 Å². The van der Waals surface area contributed by atoms with Gasteiger partial charge in [-0.2, -0.15) is 0 Å². The molecule has 0 amide bonds. The average molecular weight is 669 g/mol. The van der Waals surface area contributed by atoms with Gasteiger partial charge in [0.25, 0.3) is 0 Å². The molecule has 2 aromatic heterocycles. The number of benzene rings is 8. The van der Waals surface area contributed by atoms with Crippen LogP contribution in [0.2, 0.25) is 0 Å².